The zero-order valence-electron chi connectivity index (χ0n) is 10.3. The van der Waals surface area contributed by atoms with Gasteiger partial charge >= 0.3 is 0 Å². The number of carbonyl (C=O) groups is 1. The van der Waals surface area contributed by atoms with Gasteiger partial charge in [-0.15, -0.1) is 0 Å². The van der Waals surface area contributed by atoms with E-state index in [-0.39, 0.29) is 29.5 Å². The van der Waals surface area contributed by atoms with Crippen molar-refractivity contribution in [1.82, 2.24) is 10.6 Å². The molecule has 1 heterocycles. The molecule has 88 valence electrons. The monoisotopic (exact) mass is 214 g/mol. The van der Waals surface area contributed by atoms with E-state index < -0.39 is 0 Å². The first-order valence-electron chi connectivity index (χ1n) is 5.43. The highest BCUT2D eigenvalue weighted by molar-refractivity contribution is 5.89. The van der Waals surface area contributed by atoms with Gasteiger partial charge in [0.25, 0.3) is 0 Å². The lowest BCUT2D eigenvalue weighted by Gasteiger charge is -2.37. The Labute approximate surface area is 91.8 Å². The zero-order valence-corrected chi connectivity index (χ0v) is 10.3. The van der Waals surface area contributed by atoms with Gasteiger partial charge in [-0.05, 0) is 6.92 Å². The number of carbonyl (C=O) groups excluding carboxylic acids is 1. The molecule has 15 heavy (non-hydrogen) atoms. The Hall–Kier alpha value is -0.450. The van der Waals surface area contributed by atoms with Crippen LogP contribution in [0, 0.1) is 5.41 Å². The number of nitrogens with one attached hydrogen (secondary N) is 2. The van der Waals surface area contributed by atoms with Crippen LogP contribution in [0.15, 0.2) is 0 Å². The summed E-state index contributed by atoms with van der Waals surface area (Å²) >= 11 is 0. The Kier molecular flexibility index (Phi) is 3.87. The lowest BCUT2D eigenvalue weighted by molar-refractivity contribution is -0.133. The Morgan fingerprint density at radius 2 is 2.00 bits per heavy atom. The molecule has 1 saturated heterocycles. The smallest absolute Gasteiger partial charge is 0.157 e. The molecule has 2 N–H and O–H groups in total. The molecule has 1 aliphatic rings. The summed E-state index contributed by atoms with van der Waals surface area (Å²) in [4.78, 5) is 12.2. The van der Waals surface area contributed by atoms with Crippen LogP contribution in [-0.4, -0.2) is 37.7 Å². The number of ether oxygens (including phenoxy) is 1. The van der Waals surface area contributed by atoms with Gasteiger partial charge in [-0.3, -0.25) is 15.4 Å². The van der Waals surface area contributed by atoms with Crippen molar-refractivity contribution in [3.63, 3.8) is 0 Å². The van der Waals surface area contributed by atoms with Gasteiger partial charge in [0.2, 0.25) is 0 Å². The molecule has 4 heteroatoms. The maximum atomic E-state index is 12.2. The molecule has 0 radical (unpaired) electrons. The fourth-order valence-corrected chi connectivity index (χ4v) is 1.78. The molecule has 0 amide bonds. The third-order valence-electron chi connectivity index (χ3n) is 2.75. The minimum atomic E-state index is -0.328. The van der Waals surface area contributed by atoms with Crippen molar-refractivity contribution in [3.05, 3.63) is 0 Å². The van der Waals surface area contributed by atoms with Gasteiger partial charge in [0.15, 0.2) is 5.78 Å². The van der Waals surface area contributed by atoms with Crippen molar-refractivity contribution in [2.24, 2.45) is 5.41 Å². The second-order valence-electron chi connectivity index (χ2n) is 5.16. The van der Waals surface area contributed by atoms with Crippen LogP contribution in [0.3, 0.4) is 0 Å². The normalized spacial score (nSPS) is 32.7. The summed E-state index contributed by atoms with van der Waals surface area (Å²) in [7, 11) is 1.65. The number of methoxy groups -OCH3 is 1. The fraction of sp³-hybridized carbons (Fsp3) is 0.909. The largest absolute Gasteiger partial charge is 0.378 e. The van der Waals surface area contributed by atoms with Crippen LogP contribution < -0.4 is 10.6 Å². The molecule has 0 aromatic carbocycles. The van der Waals surface area contributed by atoms with Crippen molar-refractivity contribution in [3.8, 4) is 0 Å². The van der Waals surface area contributed by atoms with Crippen LogP contribution in [0.5, 0.6) is 0 Å². The third-order valence-corrected chi connectivity index (χ3v) is 2.75. The summed E-state index contributed by atoms with van der Waals surface area (Å²) in [5, 5.41) is 6.47. The summed E-state index contributed by atoms with van der Waals surface area (Å²) in [6, 6.07) is -0.203. The average molecular weight is 214 g/mol. The van der Waals surface area contributed by atoms with Gasteiger partial charge in [-0.25, -0.2) is 0 Å². The molecular weight excluding hydrogens is 192 g/mol. The van der Waals surface area contributed by atoms with Crippen molar-refractivity contribution < 1.29 is 9.53 Å². The molecular formula is C11H22N2O2. The molecule has 0 bridgehead atoms. The van der Waals surface area contributed by atoms with Crippen LogP contribution in [0.4, 0.5) is 0 Å². The Balaban J connectivity index is 2.75. The van der Waals surface area contributed by atoms with E-state index in [4.69, 9.17) is 4.74 Å². The number of hydrogen-bond donors (Lipinski definition) is 2. The highest BCUT2D eigenvalue weighted by atomic mass is 16.5. The summed E-state index contributed by atoms with van der Waals surface area (Å²) in [6.07, 6.45) is 0.0839. The lowest BCUT2D eigenvalue weighted by Crippen LogP contribution is -2.64. The quantitative estimate of drug-likeness (QED) is 0.704. The van der Waals surface area contributed by atoms with Crippen LogP contribution in [0.25, 0.3) is 0 Å². The molecule has 3 unspecified atom stereocenters. The molecule has 4 nitrogen and oxygen atoms in total. The van der Waals surface area contributed by atoms with Gasteiger partial charge < -0.3 is 4.74 Å². The van der Waals surface area contributed by atoms with Gasteiger partial charge in [-0.2, -0.15) is 0 Å². The molecule has 0 aromatic rings. The molecule has 1 rings (SSSR count). The number of hydrogen-bond acceptors (Lipinski definition) is 4. The molecule has 1 fully saturated rings. The van der Waals surface area contributed by atoms with Gasteiger partial charge in [0.05, 0.1) is 18.3 Å². The van der Waals surface area contributed by atoms with E-state index in [1.807, 2.05) is 27.7 Å². The first-order chi connectivity index (χ1) is 6.86. The minimum Gasteiger partial charge on any atom is -0.378 e. The van der Waals surface area contributed by atoms with E-state index in [0.717, 1.165) is 6.54 Å². The predicted molar refractivity (Wildman–Crippen MR) is 59.6 cm³/mol. The van der Waals surface area contributed by atoms with E-state index in [1.165, 1.54) is 0 Å². The van der Waals surface area contributed by atoms with Crippen LogP contribution >= 0.6 is 0 Å². The Morgan fingerprint density at radius 3 is 2.47 bits per heavy atom. The second-order valence-corrected chi connectivity index (χ2v) is 5.16. The van der Waals surface area contributed by atoms with E-state index in [0.29, 0.717) is 0 Å². The lowest BCUT2D eigenvalue weighted by atomic mass is 9.83. The third kappa shape index (κ3) is 3.00. The van der Waals surface area contributed by atoms with Crippen molar-refractivity contribution in [2.45, 2.75) is 46.0 Å². The number of Topliss-reactive ketones (excluding diaryl/α,β-unsaturated/α-hetero) is 1. The molecule has 1 aliphatic heterocycles. The molecule has 0 saturated carbocycles. The standard InChI is InChI=1S/C11H22N2O2/c1-7-12-6-8(15-5)9(13-7)10(14)11(2,3)4/h7-9,12-13H,6H2,1-5H3. The summed E-state index contributed by atoms with van der Waals surface area (Å²) in [6.45, 7) is 8.55. The van der Waals surface area contributed by atoms with Crippen LogP contribution in [-0.2, 0) is 9.53 Å². The first-order valence-corrected chi connectivity index (χ1v) is 5.43. The minimum absolute atomic E-state index is 0.0760. The molecule has 0 aromatic heterocycles. The Bertz CT molecular complexity index is 235. The highest BCUT2D eigenvalue weighted by Crippen LogP contribution is 2.20. The highest BCUT2D eigenvalue weighted by Gasteiger charge is 2.38. The average Bonchev–Trinajstić information content (AvgIpc) is 2.15. The van der Waals surface area contributed by atoms with Crippen LogP contribution in [0.1, 0.15) is 27.7 Å². The Morgan fingerprint density at radius 1 is 1.40 bits per heavy atom. The summed E-state index contributed by atoms with van der Waals surface area (Å²) in [5.41, 5.74) is -0.328. The van der Waals surface area contributed by atoms with Gasteiger partial charge in [-0.1, -0.05) is 20.8 Å². The first kappa shape index (κ1) is 12.6. The zero-order chi connectivity index (χ0) is 11.6. The van der Waals surface area contributed by atoms with E-state index >= 15 is 0 Å². The fourth-order valence-electron chi connectivity index (χ4n) is 1.78. The maximum Gasteiger partial charge on any atom is 0.157 e. The summed E-state index contributed by atoms with van der Waals surface area (Å²) in [5.74, 6) is 0.211. The van der Waals surface area contributed by atoms with E-state index in [2.05, 4.69) is 10.6 Å². The predicted octanol–water partition coefficient (Wildman–Crippen LogP) is 0.524. The number of ketones is 1. The molecule has 0 spiro atoms. The second kappa shape index (κ2) is 4.60. The van der Waals surface area contributed by atoms with Gasteiger partial charge in [0.1, 0.15) is 0 Å². The van der Waals surface area contributed by atoms with Gasteiger partial charge in [0, 0.05) is 19.1 Å². The van der Waals surface area contributed by atoms with Crippen molar-refractivity contribution in [2.75, 3.05) is 13.7 Å². The van der Waals surface area contributed by atoms with Crippen molar-refractivity contribution >= 4 is 5.78 Å². The molecule has 0 aliphatic carbocycles. The molecule has 3 atom stereocenters. The van der Waals surface area contributed by atoms with E-state index in [9.17, 15) is 4.79 Å². The van der Waals surface area contributed by atoms with E-state index in [1.54, 1.807) is 7.11 Å². The number of rotatable bonds is 2. The topological polar surface area (TPSA) is 50.4 Å². The maximum absolute atomic E-state index is 12.2. The SMILES string of the molecule is COC1CNC(C)NC1C(=O)C(C)(C)C. The van der Waals surface area contributed by atoms with Crippen molar-refractivity contribution in [1.29, 1.82) is 0 Å². The summed E-state index contributed by atoms with van der Waals surface area (Å²) < 4.78 is 5.32. The van der Waals surface area contributed by atoms with Crippen LogP contribution in [0.2, 0.25) is 0 Å².